The topological polar surface area (TPSA) is 52.7 Å². The number of hydrogen-bond acceptors (Lipinski definition) is 2. The van der Waals surface area contributed by atoms with Gasteiger partial charge in [0.05, 0.1) is 0 Å². The van der Waals surface area contributed by atoms with Crippen molar-refractivity contribution in [2.45, 2.75) is 57.9 Å². The van der Waals surface area contributed by atoms with Gasteiger partial charge in [0.2, 0.25) is 5.91 Å². The molecule has 1 saturated heterocycles. The summed E-state index contributed by atoms with van der Waals surface area (Å²) in [5, 5.41) is 3.16. The first kappa shape index (κ1) is 18.7. The Bertz CT molecular complexity index is 608. The van der Waals surface area contributed by atoms with Crippen molar-refractivity contribution in [3.63, 3.8) is 0 Å². The zero-order valence-electron chi connectivity index (χ0n) is 15.9. The summed E-state index contributed by atoms with van der Waals surface area (Å²) < 4.78 is 0. The second kappa shape index (κ2) is 9.06. The zero-order chi connectivity index (χ0) is 18.4. The molecule has 1 saturated carbocycles. The standard InChI is InChI=1S/C21H31N3O2/c1-17-7-9-18(10-8-17)11-12-20(25)23-13-4-14-24(16-15-23)21(26)22-19-5-2-3-6-19/h7-10,19H,2-6,11-16H2,1H3,(H,22,26). The van der Waals surface area contributed by atoms with Crippen LogP contribution >= 0.6 is 0 Å². The number of amides is 3. The molecule has 26 heavy (non-hydrogen) atoms. The third-order valence-electron chi connectivity index (χ3n) is 5.57. The van der Waals surface area contributed by atoms with Crippen molar-refractivity contribution < 1.29 is 9.59 Å². The summed E-state index contributed by atoms with van der Waals surface area (Å²) in [6.45, 7) is 4.83. The van der Waals surface area contributed by atoms with E-state index in [0.29, 0.717) is 25.6 Å². The maximum absolute atomic E-state index is 12.6. The number of benzene rings is 1. The summed E-state index contributed by atoms with van der Waals surface area (Å²) in [6, 6.07) is 8.77. The quantitative estimate of drug-likeness (QED) is 0.900. The second-order valence-electron chi connectivity index (χ2n) is 7.64. The Morgan fingerprint density at radius 1 is 0.962 bits per heavy atom. The average Bonchev–Trinajstić information content (AvgIpc) is 3.02. The highest BCUT2D eigenvalue weighted by molar-refractivity contribution is 5.77. The van der Waals surface area contributed by atoms with Crippen molar-refractivity contribution in [3.8, 4) is 0 Å². The Kier molecular flexibility index (Phi) is 6.53. The molecule has 5 heteroatoms. The van der Waals surface area contributed by atoms with Crippen LogP contribution in [0.1, 0.15) is 49.7 Å². The smallest absolute Gasteiger partial charge is 0.317 e. The molecule has 1 N–H and O–H groups in total. The Hall–Kier alpha value is -2.04. The van der Waals surface area contributed by atoms with Gasteiger partial charge in [0.25, 0.3) is 0 Å². The minimum Gasteiger partial charge on any atom is -0.341 e. The monoisotopic (exact) mass is 357 g/mol. The summed E-state index contributed by atoms with van der Waals surface area (Å²) in [7, 11) is 0. The Balaban J connectivity index is 1.44. The second-order valence-corrected chi connectivity index (χ2v) is 7.64. The van der Waals surface area contributed by atoms with Crippen molar-refractivity contribution >= 4 is 11.9 Å². The molecule has 0 aromatic heterocycles. The molecule has 0 radical (unpaired) electrons. The van der Waals surface area contributed by atoms with Crippen molar-refractivity contribution in [1.82, 2.24) is 15.1 Å². The number of aryl methyl sites for hydroxylation is 2. The zero-order valence-corrected chi connectivity index (χ0v) is 15.9. The van der Waals surface area contributed by atoms with E-state index in [1.807, 2.05) is 9.80 Å². The van der Waals surface area contributed by atoms with Crippen molar-refractivity contribution in [2.75, 3.05) is 26.2 Å². The fraction of sp³-hybridized carbons (Fsp3) is 0.619. The van der Waals surface area contributed by atoms with E-state index < -0.39 is 0 Å². The van der Waals surface area contributed by atoms with Gasteiger partial charge >= 0.3 is 6.03 Å². The van der Waals surface area contributed by atoms with Gasteiger partial charge < -0.3 is 15.1 Å². The highest BCUT2D eigenvalue weighted by Crippen LogP contribution is 2.18. The van der Waals surface area contributed by atoms with Gasteiger partial charge in [-0.25, -0.2) is 4.79 Å². The molecule has 142 valence electrons. The van der Waals surface area contributed by atoms with Gasteiger partial charge in [0.1, 0.15) is 0 Å². The van der Waals surface area contributed by atoms with Crippen LogP contribution in [0.25, 0.3) is 0 Å². The lowest BCUT2D eigenvalue weighted by molar-refractivity contribution is -0.131. The number of nitrogens with one attached hydrogen (secondary N) is 1. The normalized spacial score (nSPS) is 18.7. The highest BCUT2D eigenvalue weighted by Gasteiger charge is 2.24. The van der Waals surface area contributed by atoms with Gasteiger partial charge in [-0.2, -0.15) is 0 Å². The van der Waals surface area contributed by atoms with Crippen LogP contribution < -0.4 is 5.32 Å². The molecule has 1 aromatic carbocycles. The van der Waals surface area contributed by atoms with Crippen molar-refractivity contribution in [1.29, 1.82) is 0 Å². The first-order chi connectivity index (χ1) is 12.6. The van der Waals surface area contributed by atoms with Crippen LogP contribution in [-0.4, -0.2) is 54.0 Å². The number of hydrogen-bond donors (Lipinski definition) is 1. The average molecular weight is 357 g/mol. The first-order valence-electron chi connectivity index (χ1n) is 10.0. The molecule has 0 atom stereocenters. The molecule has 0 spiro atoms. The molecule has 2 fully saturated rings. The van der Waals surface area contributed by atoms with E-state index in [9.17, 15) is 9.59 Å². The first-order valence-corrected chi connectivity index (χ1v) is 10.0. The summed E-state index contributed by atoms with van der Waals surface area (Å²) in [5.41, 5.74) is 2.44. The summed E-state index contributed by atoms with van der Waals surface area (Å²) in [4.78, 5) is 28.8. The van der Waals surface area contributed by atoms with Gasteiger partial charge in [-0.15, -0.1) is 0 Å². The molecule has 1 aliphatic heterocycles. The molecule has 5 nitrogen and oxygen atoms in total. The number of carbonyl (C=O) groups excluding carboxylic acids is 2. The largest absolute Gasteiger partial charge is 0.341 e. The van der Waals surface area contributed by atoms with Crippen LogP contribution in [0.15, 0.2) is 24.3 Å². The van der Waals surface area contributed by atoms with Gasteiger partial charge in [0.15, 0.2) is 0 Å². The summed E-state index contributed by atoms with van der Waals surface area (Å²) >= 11 is 0. The Labute approximate surface area is 156 Å². The SMILES string of the molecule is Cc1ccc(CCC(=O)N2CCCN(C(=O)NC3CCCC3)CC2)cc1. The van der Waals surface area contributed by atoms with E-state index in [0.717, 1.165) is 38.8 Å². The Morgan fingerprint density at radius 2 is 1.62 bits per heavy atom. The number of rotatable bonds is 4. The summed E-state index contributed by atoms with van der Waals surface area (Å²) in [6.07, 6.45) is 6.81. The van der Waals surface area contributed by atoms with Gasteiger partial charge in [-0.1, -0.05) is 42.7 Å². The number of urea groups is 1. The number of carbonyl (C=O) groups is 2. The van der Waals surface area contributed by atoms with Gasteiger partial charge in [-0.3, -0.25) is 4.79 Å². The number of nitrogens with zero attached hydrogens (tertiary/aromatic N) is 2. The minimum absolute atomic E-state index is 0.0471. The predicted molar refractivity (Wildman–Crippen MR) is 103 cm³/mol. The van der Waals surface area contributed by atoms with E-state index in [-0.39, 0.29) is 11.9 Å². The molecule has 1 aromatic rings. The van der Waals surface area contributed by atoms with E-state index in [1.54, 1.807) is 0 Å². The van der Waals surface area contributed by atoms with E-state index in [2.05, 4.69) is 36.5 Å². The molecule has 0 unspecified atom stereocenters. The lowest BCUT2D eigenvalue weighted by atomic mass is 10.1. The molecule has 2 aliphatic rings. The van der Waals surface area contributed by atoms with E-state index in [1.165, 1.54) is 24.0 Å². The third-order valence-corrected chi connectivity index (χ3v) is 5.57. The maximum Gasteiger partial charge on any atom is 0.317 e. The van der Waals surface area contributed by atoms with Crippen LogP contribution in [0.2, 0.25) is 0 Å². The van der Waals surface area contributed by atoms with Crippen molar-refractivity contribution in [3.05, 3.63) is 35.4 Å². The molecule has 3 amide bonds. The lowest BCUT2D eigenvalue weighted by Gasteiger charge is -2.24. The molecule has 0 bridgehead atoms. The molecule has 1 heterocycles. The molecular weight excluding hydrogens is 326 g/mol. The highest BCUT2D eigenvalue weighted by atomic mass is 16.2. The van der Waals surface area contributed by atoms with Gasteiger partial charge in [0, 0.05) is 38.6 Å². The van der Waals surface area contributed by atoms with E-state index in [4.69, 9.17) is 0 Å². The molecule has 1 aliphatic carbocycles. The van der Waals surface area contributed by atoms with Crippen LogP contribution in [0, 0.1) is 6.92 Å². The van der Waals surface area contributed by atoms with Gasteiger partial charge in [-0.05, 0) is 38.2 Å². The lowest BCUT2D eigenvalue weighted by Crippen LogP contribution is -2.45. The predicted octanol–water partition coefficient (Wildman–Crippen LogP) is 3.11. The maximum atomic E-state index is 12.6. The fourth-order valence-electron chi connectivity index (χ4n) is 3.87. The third kappa shape index (κ3) is 5.23. The Morgan fingerprint density at radius 3 is 2.35 bits per heavy atom. The van der Waals surface area contributed by atoms with Crippen LogP contribution in [0.3, 0.4) is 0 Å². The fourth-order valence-corrected chi connectivity index (χ4v) is 3.87. The molecule has 3 rings (SSSR count). The van der Waals surface area contributed by atoms with E-state index >= 15 is 0 Å². The molecular formula is C21H31N3O2. The van der Waals surface area contributed by atoms with Crippen LogP contribution in [-0.2, 0) is 11.2 Å². The van der Waals surface area contributed by atoms with Crippen LogP contribution in [0.5, 0.6) is 0 Å². The summed E-state index contributed by atoms with van der Waals surface area (Å²) in [5.74, 6) is 0.198. The minimum atomic E-state index is 0.0471. The van der Waals surface area contributed by atoms with Crippen LogP contribution in [0.4, 0.5) is 4.79 Å². The van der Waals surface area contributed by atoms with Crippen molar-refractivity contribution in [2.24, 2.45) is 0 Å².